The van der Waals surface area contributed by atoms with E-state index in [1.165, 1.54) is 51.3 Å². The lowest BCUT2D eigenvalue weighted by atomic mass is 9.98. The van der Waals surface area contributed by atoms with Gasteiger partial charge in [0.05, 0.1) is 19.3 Å². The van der Waals surface area contributed by atoms with E-state index in [0.717, 1.165) is 17.2 Å². The molecule has 61 heavy (non-hydrogen) atoms. The number of aliphatic carboxylic acids is 1. The van der Waals surface area contributed by atoms with Crippen LogP contribution in [0.3, 0.4) is 0 Å². The van der Waals surface area contributed by atoms with Gasteiger partial charge in [-0.1, -0.05) is 71.9 Å². The van der Waals surface area contributed by atoms with Gasteiger partial charge in [-0.3, -0.25) is 4.79 Å². The third-order valence-electron chi connectivity index (χ3n) is 9.16. The zero-order chi connectivity index (χ0) is 45.4. The van der Waals surface area contributed by atoms with Gasteiger partial charge in [-0.05, 0) is 51.5 Å². The molecular weight excluding hydrogens is 804 g/mol. The fraction of sp³-hybridized carbons (Fsp3) is 0.395. The summed E-state index contributed by atoms with van der Waals surface area (Å²) < 4.78 is 32.0. The number of ether oxygens (including phenoxy) is 6. The number of allylic oxidation sites excluding steroid dienone is 12. The number of rotatable bonds is 18. The van der Waals surface area contributed by atoms with Crippen molar-refractivity contribution in [3.05, 3.63) is 112 Å². The Hall–Kier alpha value is -5.54. The zero-order valence-electron chi connectivity index (χ0n) is 34.0. The largest absolute Gasteiger partial charge is 0.504 e. The maximum Gasteiger partial charge on any atom is 0.336 e. The number of methoxy groups -OCH3 is 1. The molecule has 2 heterocycles. The first-order valence-corrected chi connectivity index (χ1v) is 18.8. The van der Waals surface area contributed by atoms with Gasteiger partial charge in [-0.2, -0.15) is 0 Å². The van der Waals surface area contributed by atoms with E-state index in [-0.39, 0.29) is 28.2 Å². The first-order chi connectivity index (χ1) is 28.9. The number of carboxylic acid groups (broad SMARTS) is 1. The molecule has 332 valence electrons. The van der Waals surface area contributed by atoms with Crippen LogP contribution in [0.4, 0.5) is 0 Å². The van der Waals surface area contributed by atoms with Crippen molar-refractivity contribution in [2.75, 3.05) is 20.3 Å². The normalized spacial score (nSPS) is 28.2. The molecule has 0 radical (unpaired) electrons. The van der Waals surface area contributed by atoms with Gasteiger partial charge in [0.1, 0.15) is 55.4 Å². The molecule has 6 unspecified atom stereocenters. The van der Waals surface area contributed by atoms with Crippen molar-refractivity contribution in [3.63, 3.8) is 0 Å². The third-order valence-corrected chi connectivity index (χ3v) is 9.16. The Labute approximate surface area is 351 Å². The number of carboxylic acids is 1. The maximum absolute atomic E-state index is 12.9. The Bertz CT molecular complexity index is 1950. The van der Waals surface area contributed by atoms with Crippen LogP contribution in [0.25, 0.3) is 6.08 Å². The predicted octanol–water partition coefficient (Wildman–Crippen LogP) is 1.48. The van der Waals surface area contributed by atoms with Crippen LogP contribution in [-0.4, -0.2) is 147 Å². The van der Waals surface area contributed by atoms with Crippen molar-refractivity contribution < 1.29 is 88.5 Å². The average Bonchev–Trinajstić information content (AvgIpc) is 3.23. The van der Waals surface area contributed by atoms with E-state index in [1.54, 1.807) is 36.5 Å². The van der Waals surface area contributed by atoms with Gasteiger partial charge >= 0.3 is 17.9 Å². The highest BCUT2D eigenvalue weighted by Gasteiger charge is 2.48. The number of hydrogen-bond acceptors (Lipinski definition) is 17. The van der Waals surface area contributed by atoms with Crippen molar-refractivity contribution >= 4 is 30.3 Å². The van der Waals surface area contributed by atoms with Crippen LogP contribution < -0.4 is 4.74 Å². The zero-order valence-corrected chi connectivity index (χ0v) is 34.0. The minimum atomic E-state index is -1.88. The van der Waals surface area contributed by atoms with Crippen LogP contribution >= 0.6 is 0 Å². The van der Waals surface area contributed by atoms with Crippen LogP contribution in [0, 0.1) is 0 Å². The summed E-state index contributed by atoms with van der Waals surface area (Å²) in [6, 6.07) is 2.65. The Morgan fingerprint density at radius 1 is 0.689 bits per heavy atom. The highest BCUT2D eigenvalue weighted by Crippen LogP contribution is 2.31. The van der Waals surface area contributed by atoms with Gasteiger partial charge in [-0.25, -0.2) is 14.4 Å². The van der Waals surface area contributed by atoms with Crippen LogP contribution in [0.1, 0.15) is 43.6 Å². The summed E-state index contributed by atoms with van der Waals surface area (Å²) in [5, 5.41) is 82.0. The Morgan fingerprint density at radius 2 is 1.23 bits per heavy atom. The molecular formula is C43H52O18. The van der Waals surface area contributed by atoms with E-state index < -0.39 is 92.5 Å². The summed E-state index contributed by atoms with van der Waals surface area (Å²) in [7, 11) is 1.27. The molecule has 0 aliphatic carbocycles. The highest BCUT2D eigenvalue weighted by atomic mass is 16.7. The van der Waals surface area contributed by atoms with Crippen LogP contribution in [-0.2, 0) is 38.1 Å². The molecule has 0 spiro atoms. The molecule has 2 aliphatic heterocycles. The topological polar surface area (TPSA) is 286 Å². The van der Waals surface area contributed by atoms with Gasteiger partial charge in [0.2, 0.25) is 6.29 Å². The molecule has 8 N–H and O–H groups in total. The third kappa shape index (κ3) is 14.9. The second kappa shape index (κ2) is 24.0. The molecule has 2 saturated heterocycles. The SMILES string of the molecule is COc1cc(/C=C/C(=O)OCC2O[C@@H](OCC3O[C@@H](OC(=O)/C(C)=C/C=C/C(C)=C/C=C/C=C(C)/C=C/C=C(\C)C(=O)O)C(O)C(O)[C@@H]3O)C(O)C(O)[C@@H]2O)cc(C=O)c1O. The van der Waals surface area contributed by atoms with Crippen molar-refractivity contribution in [1.29, 1.82) is 0 Å². The van der Waals surface area contributed by atoms with Gasteiger partial charge in [-0.15, -0.1) is 0 Å². The van der Waals surface area contributed by atoms with E-state index in [1.807, 2.05) is 26.0 Å². The van der Waals surface area contributed by atoms with Crippen LogP contribution in [0.5, 0.6) is 11.5 Å². The fourth-order valence-electron chi connectivity index (χ4n) is 5.46. The molecule has 0 saturated carbocycles. The summed E-state index contributed by atoms with van der Waals surface area (Å²) in [4.78, 5) is 47.4. The first kappa shape index (κ1) is 49.8. The molecule has 10 atom stereocenters. The average molecular weight is 857 g/mol. The summed E-state index contributed by atoms with van der Waals surface area (Å²) in [6.45, 7) is 5.31. The molecule has 18 heteroatoms. The van der Waals surface area contributed by atoms with Gasteiger partial charge in [0, 0.05) is 17.2 Å². The van der Waals surface area contributed by atoms with E-state index in [4.69, 9.17) is 33.5 Å². The number of aromatic hydroxyl groups is 1. The van der Waals surface area contributed by atoms with E-state index in [2.05, 4.69) is 0 Å². The highest BCUT2D eigenvalue weighted by molar-refractivity contribution is 5.89. The Kier molecular flexibility index (Phi) is 19.6. The lowest BCUT2D eigenvalue weighted by Crippen LogP contribution is -2.62. The lowest BCUT2D eigenvalue weighted by Gasteiger charge is -2.42. The van der Waals surface area contributed by atoms with Crippen molar-refractivity contribution in [3.8, 4) is 11.5 Å². The molecule has 2 aliphatic rings. The number of aliphatic hydroxyl groups excluding tert-OH is 6. The summed E-state index contributed by atoms with van der Waals surface area (Å²) in [5.74, 6) is -3.26. The number of phenolic OH excluding ortho intramolecular Hbond substituents is 1. The number of aliphatic hydroxyl groups is 6. The quantitative estimate of drug-likeness (QED) is 0.0449. The number of esters is 2. The molecule has 1 aromatic carbocycles. The maximum atomic E-state index is 12.9. The summed E-state index contributed by atoms with van der Waals surface area (Å²) >= 11 is 0. The van der Waals surface area contributed by atoms with Gasteiger partial charge < -0.3 is 69.3 Å². The number of carbonyl (C=O) groups excluding carboxylic acids is 3. The van der Waals surface area contributed by atoms with Gasteiger partial charge in [0.25, 0.3) is 0 Å². The van der Waals surface area contributed by atoms with Crippen LogP contribution in [0.15, 0.2) is 101 Å². The molecule has 3 rings (SSSR count). The Balaban J connectivity index is 1.56. The Morgan fingerprint density at radius 3 is 1.79 bits per heavy atom. The van der Waals surface area contributed by atoms with Crippen molar-refractivity contribution in [2.45, 2.75) is 89.1 Å². The minimum absolute atomic E-state index is 0.0162. The fourth-order valence-corrected chi connectivity index (χ4v) is 5.46. The van der Waals surface area contributed by atoms with Crippen LogP contribution in [0.2, 0.25) is 0 Å². The summed E-state index contributed by atoms with van der Waals surface area (Å²) in [5.41, 5.74) is 2.22. The predicted molar refractivity (Wildman–Crippen MR) is 216 cm³/mol. The minimum Gasteiger partial charge on any atom is -0.504 e. The second-order valence-corrected chi connectivity index (χ2v) is 13.9. The second-order valence-electron chi connectivity index (χ2n) is 13.9. The number of phenols is 1. The van der Waals surface area contributed by atoms with E-state index in [0.29, 0.717) is 11.8 Å². The number of aldehydes is 1. The van der Waals surface area contributed by atoms with E-state index in [9.17, 15) is 54.9 Å². The molecule has 1 aromatic rings. The number of carbonyl (C=O) groups is 4. The molecule has 0 amide bonds. The first-order valence-electron chi connectivity index (χ1n) is 18.8. The number of hydrogen-bond donors (Lipinski definition) is 8. The molecule has 0 aromatic heterocycles. The van der Waals surface area contributed by atoms with Crippen molar-refractivity contribution in [1.82, 2.24) is 0 Å². The van der Waals surface area contributed by atoms with Crippen molar-refractivity contribution in [2.24, 2.45) is 0 Å². The molecule has 0 bridgehead atoms. The standard InChI is InChI=1S/C43H52O18/c1-23(12-8-14-25(3)40(53)54)10-6-7-11-24(2)13-9-15-26(4)41(55)61-43-39(52)37(50)35(48)31(60-43)22-58-42-38(51)36(49)34(47)30(59-42)21-57-32(45)17-16-27-18-28(20-44)33(46)29(19-27)56-5/h6-20,30-31,34-39,42-43,46-52H,21-22H2,1-5H3,(H,53,54)/b7-6+,12-8+,13-9+,17-16+,23-10+,24-11+,25-14+,26-15+/t30?,31?,34-,35-,36?,37?,38?,39?,42-,43+/m1/s1. The smallest absolute Gasteiger partial charge is 0.336 e. The van der Waals surface area contributed by atoms with Gasteiger partial charge in [0.15, 0.2) is 24.1 Å². The van der Waals surface area contributed by atoms with E-state index >= 15 is 0 Å². The number of benzene rings is 1. The summed E-state index contributed by atoms with van der Waals surface area (Å²) in [6.07, 6.45) is 2.09. The monoisotopic (exact) mass is 856 g/mol. The molecule has 2 fully saturated rings. The lowest BCUT2D eigenvalue weighted by molar-refractivity contribution is -0.326. The molecule has 18 nitrogen and oxygen atoms in total.